The second kappa shape index (κ2) is 10.1. The van der Waals surface area contributed by atoms with Gasteiger partial charge in [-0.1, -0.05) is 52.7 Å². The number of hydrogen-bond acceptors (Lipinski definition) is 7. The minimum atomic E-state index is -0.784. The van der Waals surface area contributed by atoms with E-state index < -0.39 is 17.6 Å². The molecule has 1 aromatic heterocycles. The molecule has 2 aliphatic rings. The van der Waals surface area contributed by atoms with Crippen LogP contribution in [-0.2, 0) is 14.3 Å². The van der Waals surface area contributed by atoms with E-state index in [0.29, 0.717) is 50.6 Å². The van der Waals surface area contributed by atoms with Gasteiger partial charge in [0, 0.05) is 15.7 Å². The molecule has 190 valence electrons. The molecular formula is C27H24BrN3O5S. The molecule has 37 heavy (non-hydrogen) atoms. The normalized spacial score (nSPS) is 17.6. The van der Waals surface area contributed by atoms with Crippen LogP contribution < -0.4 is 24.9 Å². The van der Waals surface area contributed by atoms with Gasteiger partial charge in [0.2, 0.25) is 0 Å². The largest absolute Gasteiger partial charge is 0.497 e. The van der Waals surface area contributed by atoms with Gasteiger partial charge in [0.25, 0.3) is 11.5 Å². The Bertz CT molecular complexity index is 1650. The van der Waals surface area contributed by atoms with Crippen molar-refractivity contribution < 1.29 is 19.1 Å². The number of aromatic nitrogens is 1. The first-order valence-electron chi connectivity index (χ1n) is 11.9. The third kappa shape index (κ3) is 4.34. The van der Waals surface area contributed by atoms with E-state index >= 15 is 0 Å². The minimum Gasteiger partial charge on any atom is -0.497 e. The number of anilines is 1. The Morgan fingerprint density at radius 1 is 1.19 bits per heavy atom. The first-order chi connectivity index (χ1) is 17.9. The molecular weight excluding hydrogens is 558 g/mol. The highest BCUT2D eigenvalue weighted by Crippen LogP contribution is 2.35. The molecule has 1 atom stereocenters. The van der Waals surface area contributed by atoms with Crippen LogP contribution in [0.5, 0.6) is 5.75 Å². The van der Waals surface area contributed by atoms with Crippen LogP contribution in [0.15, 0.2) is 68.0 Å². The maximum absolute atomic E-state index is 14.1. The van der Waals surface area contributed by atoms with E-state index in [1.807, 2.05) is 31.2 Å². The number of ether oxygens (including phenoxy) is 2. The SMILES string of the molecule is CCCC1=C(C(=O)OCC)[C@@H](c2cccc(OC)c2)n2c(s/c(=C3\C(=O)Nc4ccc(Br)cc43)c2=O)=N1. The van der Waals surface area contributed by atoms with Gasteiger partial charge in [0.15, 0.2) is 4.80 Å². The third-order valence-electron chi connectivity index (χ3n) is 6.23. The molecule has 0 aliphatic carbocycles. The van der Waals surface area contributed by atoms with Crippen molar-refractivity contribution in [3.63, 3.8) is 0 Å². The van der Waals surface area contributed by atoms with Crippen molar-refractivity contribution in [3.8, 4) is 5.75 Å². The maximum atomic E-state index is 14.1. The lowest BCUT2D eigenvalue weighted by molar-refractivity contribution is -0.139. The van der Waals surface area contributed by atoms with Crippen LogP contribution in [0.25, 0.3) is 5.57 Å². The van der Waals surface area contributed by atoms with Gasteiger partial charge in [-0.15, -0.1) is 0 Å². The van der Waals surface area contributed by atoms with Crippen LogP contribution in [0, 0.1) is 0 Å². The molecule has 2 aromatic carbocycles. The second-order valence-electron chi connectivity index (χ2n) is 8.53. The van der Waals surface area contributed by atoms with Gasteiger partial charge in [0.1, 0.15) is 10.3 Å². The monoisotopic (exact) mass is 581 g/mol. The Kier molecular flexibility index (Phi) is 6.87. The molecule has 0 fully saturated rings. The van der Waals surface area contributed by atoms with Crippen molar-refractivity contribution in [2.75, 3.05) is 19.0 Å². The first kappa shape index (κ1) is 25.2. The fraction of sp³-hybridized carbons (Fsp3) is 0.259. The lowest BCUT2D eigenvalue weighted by Crippen LogP contribution is -2.40. The van der Waals surface area contributed by atoms with E-state index in [9.17, 15) is 14.4 Å². The summed E-state index contributed by atoms with van der Waals surface area (Å²) in [5, 5.41) is 2.84. The quantitative estimate of drug-likeness (QED) is 0.448. The summed E-state index contributed by atoms with van der Waals surface area (Å²) in [6.07, 6.45) is 1.28. The third-order valence-corrected chi connectivity index (χ3v) is 7.78. The van der Waals surface area contributed by atoms with E-state index in [1.54, 1.807) is 32.2 Å². The molecule has 0 bridgehead atoms. The average Bonchev–Trinajstić information content (AvgIpc) is 3.38. The summed E-state index contributed by atoms with van der Waals surface area (Å²) in [6.45, 7) is 3.93. The Hall–Kier alpha value is -3.50. The van der Waals surface area contributed by atoms with Crippen LogP contribution in [0.3, 0.4) is 0 Å². The van der Waals surface area contributed by atoms with E-state index in [4.69, 9.17) is 14.5 Å². The molecule has 3 heterocycles. The van der Waals surface area contributed by atoms with Crippen molar-refractivity contribution in [1.82, 2.24) is 4.57 Å². The lowest BCUT2D eigenvalue weighted by Gasteiger charge is -2.26. The number of allylic oxidation sites excluding steroid dienone is 1. The zero-order chi connectivity index (χ0) is 26.3. The number of carbonyl (C=O) groups is 2. The van der Waals surface area contributed by atoms with Gasteiger partial charge in [-0.3, -0.25) is 14.2 Å². The highest BCUT2D eigenvalue weighted by Gasteiger charge is 2.36. The number of carbonyl (C=O) groups excluding carboxylic acids is 2. The summed E-state index contributed by atoms with van der Waals surface area (Å²) < 4.78 is 13.4. The average molecular weight is 582 g/mol. The van der Waals surface area contributed by atoms with Gasteiger partial charge in [-0.25, -0.2) is 9.79 Å². The van der Waals surface area contributed by atoms with E-state index in [2.05, 4.69) is 21.2 Å². The molecule has 0 saturated heterocycles. The van der Waals surface area contributed by atoms with Gasteiger partial charge in [-0.2, -0.15) is 0 Å². The summed E-state index contributed by atoms with van der Waals surface area (Å²) in [4.78, 5) is 45.6. The highest BCUT2D eigenvalue weighted by atomic mass is 79.9. The molecule has 10 heteroatoms. The van der Waals surface area contributed by atoms with Crippen LogP contribution in [0.4, 0.5) is 5.69 Å². The number of rotatable bonds is 6. The van der Waals surface area contributed by atoms with E-state index in [-0.39, 0.29) is 17.0 Å². The van der Waals surface area contributed by atoms with Gasteiger partial charge in [0.05, 0.1) is 36.6 Å². The molecule has 0 spiro atoms. The molecule has 8 nitrogen and oxygen atoms in total. The number of halogens is 1. The number of hydrogen-bond donors (Lipinski definition) is 1. The topological polar surface area (TPSA) is 99.0 Å². The number of benzene rings is 2. The fourth-order valence-electron chi connectivity index (χ4n) is 4.66. The number of esters is 1. The summed E-state index contributed by atoms with van der Waals surface area (Å²) in [7, 11) is 1.56. The molecule has 0 unspecified atom stereocenters. The number of thiazole rings is 1. The molecule has 2 aliphatic heterocycles. The smallest absolute Gasteiger partial charge is 0.338 e. The molecule has 0 radical (unpaired) electrons. The molecule has 5 rings (SSSR count). The Morgan fingerprint density at radius 2 is 2.00 bits per heavy atom. The summed E-state index contributed by atoms with van der Waals surface area (Å²) >= 11 is 4.61. The molecule has 0 saturated carbocycles. The Balaban J connectivity index is 1.85. The van der Waals surface area contributed by atoms with Crippen LogP contribution in [0.1, 0.15) is 43.9 Å². The summed E-state index contributed by atoms with van der Waals surface area (Å²) in [5.41, 5.74) is 2.75. The van der Waals surface area contributed by atoms with E-state index in [1.165, 1.54) is 4.57 Å². The minimum absolute atomic E-state index is 0.187. The van der Waals surface area contributed by atoms with Crippen LogP contribution in [0.2, 0.25) is 0 Å². The first-order valence-corrected chi connectivity index (χ1v) is 13.5. The predicted molar refractivity (Wildman–Crippen MR) is 144 cm³/mol. The van der Waals surface area contributed by atoms with Crippen molar-refractivity contribution in [1.29, 1.82) is 0 Å². The second-order valence-corrected chi connectivity index (χ2v) is 10.4. The zero-order valence-corrected chi connectivity index (χ0v) is 22.9. The van der Waals surface area contributed by atoms with Gasteiger partial charge in [-0.05, 0) is 49.2 Å². The standard InChI is InChI=1S/C27H24BrN3O5S/c1-4-7-19-21(26(34)36-5-2)22(14-8-6-9-16(12-14)35-3)31-25(33)23(37-27(31)30-19)20-17-13-15(28)10-11-18(17)29-24(20)32/h6,8-13,22H,4-5,7H2,1-3H3,(H,29,32)/b23-20-/t22-/m1/s1. The van der Waals surface area contributed by atoms with Gasteiger partial charge >= 0.3 is 5.97 Å². The van der Waals surface area contributed by atoms with Crippen molar-refractivity contribution in [3.05, 3.63) is 89.0 Å². The van der Waals surface area contributed by atoms with Crippen molar-refractivity contribution in [2.24, 2.45) is 4.99 Å². The number of amides is 1. The number of methoxy groups -OCH3 is 1. The molecule has 3 aromatic rings. The summed E-state index contributed by atoms with van der Waals surface area (Å²) in [5.74, 6) is -0.281. The van der Waals surface area contributed by atoms with Crippen molar-refractivity contribution >= 4 is 50.4 Å². The van der Waals surface area contributed by atoms with Crippen LogP contribution >= 0.6 is 27.3 Å². The summed E-state index contributed by atoms with van der Waals surface area (Å²) in [6, 6.07) is 11.9. The maximum Gasteiger partial charge on any atom is 0.338 e. The highest BCUT2D eigenvalue weighted by molar-refractivity contribution is 9.10. The molecule has 1 amide bonds. The lowest BCUT2D eigenvalue weighted by atomic mass is 9.94. The Morgan fingerprint density at radius 3 is 2.73 bits per heavy atom. The number of nitrogens with one attached hydrogen (secondary N) is 1. The van der Waals surface area contributed by atoms with E-state index in [0.717, 1.165) is 22.2 Å². The number of nitrogens with zero attached hydrogens (tertiary/aromatic N) is 2. The van der Waals surface area contributed by atoms with Gasteiger partial charge < -0.3 is 14.8 Å². The number of fused-ring (bicyclic) bond motifs is 2. The van der Waals surface area contributed by atoms with Crippen molar-refractivity contribution in [2.45, 2.75) is 32.7 Å². The Labute approximate surface area is 225 Å². The predicted octanol–water partition coefficient (Wildman–Crippen LogP) is 3.67. The fourth-order valence-corrected chi connectivity index (χ4v) is 6.14. The molecule has 1 N–H and O–H groups in total. The van der Waals surface area contributed by atoms with Crippen LogP contribution in [-0.4, -0.2) is 30.2 Å². The zero-order valence-electron chi connectivity index (χ0n) is 20.5.